The van der Waals surface area contributed by atoms with Crippen molar-refractivity contribution in [3.63, 3.8) is 0 Å². The summed E-state index contributed by atoms with van der Waals surface area (Å²) in [4.78, 5) is 44.8. The number of aliphatic hydroxyl groups is 1. The van der Waals surface area contributed by atoms with Crippen molar-refractivity contribution >= 4 is 17.8 Å². The van der Waals surface area contributed by atoms with Crippen LogP contribution in [0.2, 0.25) is 0 Å². The monoisotopic (exact) mass is 474 g/mol. The Labute approximate surface area is 201 Å². The van der Waals surface area contributed by atoms with Crippen LogP contribution in [0.4, 0.5) is 0 Å². The van der Waals surface area contributed by atoms with E-state index in [1.165, 1.54) is 0 Å². The van der Waals surface area contributed by atoms with Crippen molar-refractivity contribution in [3.05, 3.63) is 24.3 Å². The summed E-state index contributed by atoms with van der Waals surface area (Å²) in [5.74, 6) is -2.43. The van der Waals surface area contributed by atoms with Crippen molar-refractivity contribution < 1.29 is 29.0 Å². The minimum Gasteiger partial charge on any atom is -0.465 e. The van der Waals surface area contributed by atoms with Gasteiger partial charge in [0, 0.05) is 26.2 Å². The number of hydrogen-bond acceptors (Lipinski definition) is 6. The van der Waals surface area contributed by atoms with E-state index in [0.717, 1.165) is 25.7 Å². The number of unbranched alkanes of at least 4 members (excludes halogenated alkanes) is 2. The van der Waals surface area contributed by atoms with Gasteiger partial charge in [0.15, 0.2) is 0 Å². The molecule has 0 aromatic heterocycles. The van der Waals surface area contributed by atoms with Crippen LogP contribution in [-0.2, 0) is 23.9 Å². The highest BCUT2D eigenvalue weighted by molar-refractivity contribution is 5.99. The molecule has 188 valence electrons. The highest BCUT2D eigenvalue weighted by atomic mass is 16.6. The number of hydrogen-bond donors (Lipinski definition) is 1. The average molecular weight is 475 g/mol. The summed E-state index contributed by atoms with van der Waals surface area (Å²) in [5.41, 5.74) is -2.22. The molecule has 8 heteroatoms. The first-order valence-corrected chi connectivity index (χ1v) is 12.9. The van der Waals surface area contributed by atoms with E-state index in [2.05, 4.69) is 6.92 Å². The summed E-state index contributed by atoms with van der Waals surface area (Å²) >= 11 is 0. The van der Waals surface area contributed by atoms with Crippen LogP contribution in [0, 0.1) is 11.8 Å². The number of fused-ring (bicyclic) bond motifs is 2. The molecule has 2 fully saturated rings. The fourth-order valence-electron chi connectivity index (χ4n) is 6.11. The SMILES string of the molecule is CCCCN1CC=C[C@]23O[C@@]4(CC)/C=C\CCCOC(=O)[C@H]4[C@H]2C(=O)N(CCCCO)C3C1=O. The summed E-state index contributed by atoms with van der Waals surface area (Å²) in [6.45, 7) is 5.76. The molecule has 4 rings (SSSR count). The molecule has 1 spiro atoms. The topological polar surface area (TPSA) is 96.4 Å². The Morgan fingerprint density at radius 2 is 1.85 bits per heavy atom. The number of carbonyl (C=O) groups is 3. The zero-order valence-electron chi connectivity index (χ0n) is 20.4. The molecule has 0 radical (unpaired) electrons. The molecule has 1 unspecified atom stereocenters. The first kappa shape index (κ1) is 24.9. The number of aliphatic hydroxyl groups excluding tert-OH is 1. The second kappa shape index (κ2) is 10.2. The third-order valence-electron chi connectivity index (χ3n) is 7.81. The lowest BCUT2D eigenvalue weighted by Crippen LogP contribution is -2.56. The summed E-state index contributed by atoms with van der Waals surface area (Å²) < 4.78 is 12.5. The van der Waals surface area contributed by atoms with Gasteiger partial charge < -0.3 is 24.4 Å². The van der Waals surface area contributed by atoms with Crippen molar-refractivity contribution in [2.75, 3.05) is 32.8 Å². The first-order chi connectivity index (χ1) is 16.5. The quantitative estimate of drug-likeness (QED) is 0.329. The van der Waals surface area contributed by atoms with Gasteiger partial charge in [0.05, 0.1) is 12.5 Å². The average Bonchev–Trinajstić information content (AvgIpc) is 3.20. The van der Waals surface area contributed by atoms with Crippen LogP contribution in [0.5, 0.6) is 0 Å². The number of ether oxygens (including phenoxy) is 2. The number of allylic oxidation sites excluding steroid dienone is 1. The molecule has 8 nitrogen and oxygen atoms in total. The van der Waals surface area contributed by atoms with Gasteiger partial charge in [-0.15, -0.1) is 0 Å². The van der Waals surface area contributed by atoms with E-state index in [1.807, 2.05) is 31.2 Å². The largest absolute Gasteiger partial charge is 0.465 e. The maximum atomic E-state index is 14.0. The number of carbonyl (C=O) groups excluding carboxylic acids is 3. The molecule has 4 aliphatic heterocycles. The van der Waals surface area contributed by atoms with Crippen LogP contribution in [0.15, 0.2) is 24.3 Å². The Morgan fingerprint density at radius 1 is 1.03 bits per heavy atom. The Bertz CT molecular complexity index is 856. The van der Waals surface area contributed by atoms with E-state index in [9.17, 15) is 19.5 Å². The fraction of sp³-hybridized carbons (Fsp3) is 0.731. The van der Waals surface area contributed by atoms with Gasteiger partial charge in [0.2, 0.25) is 11.8 Å². The Hall–Kier alpha value is -2.19. The molecule has 34 heavy (non-hydrogen) atoms. The van der Waals surface area contributed by atoms with E-state index in [-0.39, 0.29) is 18.4 Å². The molecule has 4 aliphatic rings. The van der Waals surface area contributed by atoms with Crippen molar-refractivity contribution in [2.24, 2.45) is 11.8 Å². The molecule has 0 aromatic carbocycles. The highest BCUT2D eigenvalue weighted by Crippen LogP contribution is 2.58. The molecule has 0 bridgehead atoms. The van der Waals surface area contributed by atoms with E-state index < -0.39 is 35.0 Å². The molecular weight excluding hydrogens is 436 g/mol. The van der Waals surface area contributed by atoms with Gasteiger partial charge in [-0.2, -0.15) is 0 Å². The lowest BCUT2D eigenvalue weighted by Gasteiger charge is -2.38. The van der Waals surface area contributed by atoms with E-state index in [1.54, 1.807) is 9.80 Å². The van der Waals surface area contributed by atoms with Crippen molar-refractivity contribution in [3.8, 4) is 0 Å². The minimum absolute atomic E-state index is 0.0208. The summed E-state index contributed by atoms with van der Waals surface area (Å²) in [6.07, 6.45) is 12.7. The number of nitrogens with zero attached hydrogens (tertiary/aromatic N) is 2. The third-order valence-corrected chi connectivity index (χ3v) is 7.81. The first-order valence-electron chi connectivity index (χ1n) is 12.9. The summed E-state index contributed by atoms with van der Waals surface area (Å²) in [5, 5.41) is 9.29. The van der Waals surface area contributed by atoms with Crippen LogP contribution >= 0.6 is 0 Å². The van der Waals surface area contributed by atoms with Gasteiger partial charge >= 0.3 is 5.97 Å². The minimum atomic E-state index is -1.22. The Balaban J connectivity index is 1.82. The van der Waals surface area contributed by atoms with Crippen LogP contribution in [0.1, 0.15) is 58.8 Å². The van der Waals surface area contributed by atoms with Crippen molar-refractivity contribution in [1.29, 1.82) is 0 Å². The van der Waals surface area contributed by atoms with Crippen molar-refractivity contribution in [2.45, 2.75) is 76.0 Å². The number of likely N-dealkylation sites (tertiary alicyclic amines) is 1. The fourth-order valence-corrected chi connectivity index (χ4v) is 6.11. The smallest absolute Gasteiger partial charge is 0.313 e. The van der Waals surface area contributed by atoms with Gasteiger partial charge in [-0.3, -0.25) is 14.4 Å². The third kappa shape index (κ3) is 3.98. The zero-order chi connectivity index (χ0) is 24.3. The lowest BCUT2D eigenvalue weighted by molar-refractivity contribution is -0.161. The maximum absolute atomic E-state index is 14.0. The standard InChI is InChI=1S/C26H38N2O6/c1-3-5-14-27-15-11-13-26-19(22(30)28(16-8-9-17-29)21(26)23(27)31)20-24(32)33-18-10-6-7-12-25(20,4-2)34-26/h7,11-13,19-21,29H,3-6,8-10,14-18H2,1-2H3/b12-7-/t19-,20+,21?,25-,26-/m0/s1. The molecule has 1 N–H and O–H groups in total. The predicted octanol–water partition coefficient (Wildman–Crippen LogP) is 2.21. The molecule has 5 atom stereocenters. The zero-order valence-corrected chi connectivity index (χ0v) is 20.4. The molecule has 0 aromatic rings. The van der Waals surface area contributed by atoms with Gasteiger partial charge in [0.1, 0.15) is 23.2 Å². The molecule has 0 saturated carbocycles. The maximum Gasteiger partial charge on any atom is 0.313 e. The van der Waals surface area contributed by atoms with Crippen molar-refractivity contribution in [1.82, 2.24) is 9.80 Å². The van der Waals surface area contributed by atoms with Crippen LogP contribution in [-0.4, -0.2) is 82.8 Å². The molecular formula is C26H38N2O6. The van der Waals surface area contributed by atoms with Gasteiger partial charge in [-0.25, -0.2) is 0 Å². The lowest BCUT2D eigenvalue weighted by atomic mass is 9.73. The number of amides is 2. The normalized spacial score (nSPS) is 36.2. The van der Waals surface area contributed by atoms with E-state index in [4.69, 9.17) is 9.47 Å². The predicted molar refractivity (Wildman–Crippen MR) is 126 cm³/mol. The Kier molecular flexibility index (Phi) is 7.48. The highest BCUT2D eigenvalue weighted by Gasteiger charge is 2.75. The second-order valence-corrected chi connectivity index (χ2v) is 9.84. The summed E-state index contributed by atoms with van der Waals surface area (Å²) in [6, 6.07) is -0.834. The van der Waals surface area contributed by atoms with Crippen LogP contribution in [0.25, 0.3) is 0 Å². The van der Waals surface area contributed by atoms with E-state index in [0.29, 0.717) is 45.5 Å². The number of cyclic esters (lactones) is 1. The molecule has 4 heterocycles. The summed E-state index contributed by atoms with van der Waals surface area (Å²) in [7, 11) is 0. The second-order valence-electron chi connectivity index (χ2n) is 9.84. The number of esters is 1. The molecule has 2 amide bonds. The van der Waals surface area contributed by atoms with Crippen LogP contribution in [0.3, 0.4) is 0 Å². The van der Waals surface area contributed by atoms with Gasteiger partial charge in [-0.1, -0.05) is 44.6 Å². The van der Waals surface area contributed by atoms with Gasteiger partial charge in [0.25, 0.3) is 0 Å². The van der Waals surface area contributed by atoms with E-state index >= 15 is 0 Å². The van der Waals surface area contributed by atoms with Gasteiger partial charge in [-0.05, 0) is 38.5 Å². The molecule has 2 saturated heterocycles. The Morgan fingerprint density at radius 3 is 2.59 bits per heavy atom. The number of rotatable bonds is 8. The van der Waals surface area contributed by atoms with Crippen LogP contribution < -0.4 is 0 Å². The molecule has 0 aliphatic carbocycles.